The average Bonchev–Trinajstić information content (AvgIpc) is 3.33. The molecule has 3 aromatic heterocycles. The van der Waals surface area contributed by atoms with Crippen LogP contribution in [0.1, 0.15) is 53.4 Å². The number of pyridine rings is 2. The van der Waals surface area contributed by atoms with E-state index < -0.39 is 0 Å². The van der Waals surface area contributed by atoms with Gasteiger partial charge in [0.2, 0.25) is 0 Å². The Kier molecular flexibility index (Phi) is 6.22. The summed E-state index contributed by atoms with van der Waals surface area (Å²) in [5.74, 6) is 0.214. The second-order valence-electron chi connectivity index (χ2n) is 10.1. The molecule has 0 aromatic carbocycles. The van der Waals surface area contributed by atoms with Crippen LogP contribution in [0.4, 0.5) is 0 Å². The molecule has 35 heavy (non-hydrogen) atoms. The SMILES string of the molecule is CN1CCN(Cc2cnc3c(c2)C(c2ccn4ncc(C(=O)C5CCOCC5)c4c2)=CCC3)CC1.[HH]. The Balaban J connectivity index is 0.00000267. The highest BCUT2D eigenvalue weighted by atomic mass is 16.5. The maximum Gasteiger partial charge on any atom is 0.169 e. The summed E-state index contributed by atoms with van der Waals surface area (Å²) in [6.45, 7) is 6.68. The van der Waals surface area contributed by atoms with E-state index in [2.05, 4.69) is 52.4 Å². The Morgan fingerprint density at radius 1 is 1.14 bits per heavy atom. The van der Waals surface area contributed by atoms with E-state index >= 15 is 0 Å². The first kappa shape index (κ1) is 22.6. The minimum absolute atomic E-state index is 0. The van der Waals surface area contributed by atoms with Crippen LogP contribution in [0.15, 0.2) is 42.9 Å². The van der Waals surface area contributed by atoms with Crippen LogP contribution in [0, 0.1) is 5.92 Å². The van der Waals surface area contributed by atoms with Crippen molar-refractivity contribution < 1.29 is 11.0 Å². The third kappa shape index (κ3) is 4.56. The number of piperazine rings is 1. The number of hydrogen-bond acceptors (Lipinski definition) is 6. The fourth-order valence-corrected chi connectivity index (χ4v) is 5.57. The third-order valence-corrected chi connectivity index (χ3v) is 7.74. The van der Waals surface area contributed by atoms with E-state index in [1.54, 1.807) is 6.20 Å². The van der Waals surface area contributed by atoms with E-state index in [1.165, 1.54) is 16.7 Å². The average molecular weight is 474 g/mol. The zero-order chi connectivity index (χ0) is 23.8. The van der Waals surface area contributed by atoms with E-state index in [9.17, 15) is 4.79 Å². The fraction of sp³-hybridized carbons (Fsp3) is 0.464. The number of aromatic nitrogens is 3. The second kappa shape index (κ2) is 9.64. The third-order valence-electron chi connectivity index (χ3n) is 7.74. The van der Waals surface area contributed by atoms with E-state index in [0.717, 1.165) is 80.7 Å². The zero-order valence-corrected chi connectivity index (χ0v) is 20.4. The summed E-state index contributed by atoms with van der Waals surface area (Å²) in [4.78, 5) is 23.0. The van der Waals surface area contributed by atoms with Crippen molar-refractivity contribution in [3.05, 3.63) is 70.8 Å². The standard InChI is InChI=1S/C28H33N5O2.H2/c1-31-9-11-32(12-10-31)19-20-15-24-23(3-2-4-26(24)29-17-20)22-5-8-33-27(16-22)25(18-30-33)28(34)21-6-13-35-14-7-21;/h3,5,8,15-18,21H,2,4,6-7,9-14,19H2,1H3;1H. The fourth-order valence-electron chi connectivity index (χ4n) is 5.57. The van der Waals surface area contributed by atoms with Gasteiger partial charge in [0, 0.05) is 76.9 Å². The number of allylic oxidation sites excluding steroid dienone is 1. The molecular weight excluding hydrogens is 438 g/mol. The van der Waals surface area contributed by atoms with Crippen LogP contribution in [0.2, 0.25) is 0 Å². The number of nitrogens with zero attached hydrogens (tertiary/aromatic N) is 5. The van der Waals surface area contributed by atoms with Crippen LogP contribution in [-0.2, 0) is 17.7 Å². The van der Waals surface area contributed by atoms with Crippen LogP contribution in [0.25, 0.3) is 11.1 Å². The molecule has 2 aliphatic heterocycles. The lowest BCUT2D eigenvalue weighted by molar-refractivity contribution is 0.0546. The topological polar surface area (TPSA) is 63.0 Å². The van der Waals surface area contributed by atoms with E-state index in [1.807, 2.05) is 10.7 Å². The van der Waals surface area contributed by atoms with Gasteiger partial charge in [-0.2, -0.15) is 5.10 Å². The molecule has 2 saturated heterocycles. The molecule has 1 aliphatic carbocycles. The van der Waals surface area contributed by atoms with Gasteiger partial charge in [-0.3, -0.25) is 14.7 Å². The van der Waals surface area contributed by atoms with Gasteiger partial charge in [-0.15, -0.1) is 0 Å². The molecule has 3 aromatic rings. The van der Waals surface area contributed by atoms with Crippen molar-refractivity contribution in [1.29, 1.82) is 0 Å². The first-order chi connectivity index (χ1) is 17.2. The number of carbonyl (C=O) groups excluding carboxylic acids is 1. The normalized spacial score (nSPS) is 20.1. The molecule has 0 unspecified atom stereocenters. The van der Waals surface area contributed by atoms with Crippen molar-refractivity contribution in [2.45, 2.75) is 32.2 Å². The molecule has 0 spiro atoms. The second-order valence-corrected chi connectivity index (χ2v) is 10.1. The summed E-state index contributed by atoms with van der Waals surface area (Å²) in [5.41, 5.74) is 7.60. The Labute approximate surface area is 207 Å². The molecule has 6 rings (SSSR count). The van der Waals surface area contributed by atoms with Gasteiger partial charge in [0.25, 0.3) is 0 Å². The molecule has 3 aliphatic rings. The van der Waals surface area contributed by atoms with Crippen molar-refractivity contribution >= 4 is 16.9 Å². The summed E-state index contributed by atoms with van der Waals surface area (Å²) >= 11 is 0. The van der Waals surface area contributed by atoms with Gasteiger partial charge in [-0.25, -0.2) is 4.52 Å². The highest BCUT2D eigenvalue weighted by molar-refractivity contribution is 6.04. The number of likely N-dealkylation sites (N-methyl/N-ethyl adjacent to an activating group) is 1. The van der Waals surface area contributed by atoms with Gasteiger partial charge in [0.1, 0.15) is 0 Å². The van der Waals surface area contributed by atoms with E-state index in [-0.39, 0.29) is 13.1 Å². The summed E-state index contributed by atoms with van der Waals surface area (Å²) in [5, 5.41) is 4.47. The molecule has 0 radical (unpaired) electrons. The summed E-state index contributed by atoms with van der Waals surface area (Å²) in [6.07, 6.45) is 11.6. The van der Waals surface area contributed by atoms with Crippen LogP contribution >= 0.6 is 0 Å². The lowest BCUT2D eigenvalue weighted by Gasteiger charge is -2.32. The number of Topliss-reactive ketones (excluding diaryl/α,β-unsaturated/α-hetero) is 1. The number of ether oxygens (including phenoxy) is 1. The van der Waals surface area contributed by atoms with Crippen molar-refractivity contribution in [3.8, 4) is 0 Å². The summed E-state index contributed by atoms with van der Waals surface area (Å²) < 4.78 is 7.28. The Bertz CT molecular complexity index is 1270. The van der Waals surface area contributed by atoms with Crippen LogP contribution < -0.4 is 0 Å². The van der Waals surface area contributed by atoms with Gasteiger partial charge in [0.05, 0.1) is 17.3 Å². The first-order valence-corrected chi connectivity index (χ1v) is 12.8. The molecule has 184 valence electrons. The molecule has 0 amide bonds. The molecule has 0 N–H and O–H groups in total. The molecule has 7 heteroatoms. The molecule has 0 saturated carbocycles. The molecule has 0 atom stereocenters. The first-order valence-electron chi connectivity index (χ1n) is 12.8. The van der Waals surface area contributed by atoms with Crippen molar-refractivity contribution in [1.82, 2.24) is 24.4 Å². The maximum absolute atomic E-state index is 13.3. The lowest BCUT2D eigenvalue weighted by atomic mass is 9.88. The predicted octanol–water partition coefficient (Wildman–Crippen LogP) is 3.71. The van der Waals surface area contributed by atoms with E-state index in [0.29, 0.717) is 13.2 Å². The van der Waals surface area contributed by atoms with Crippen LogP contribution in [0.3, 0.4) is 0 Å². The quantitative estimate of drug-likeness (QED) is 0.527. The van der Waals surface area contributed by atoms with Gasteiger partial charge < -0.3 is 9.64 Å². The maximum atomic E-state index is 13.3. The van der Waals surface area contributed by atoms with Gasteiger partial charge in [0.15, 0.2) is 5.78 Å². The van der Waals surface area contributed by atoms with Crippen LogP contribution in [-0.4, -0.2) is 76.6 Å². The Morgan fingerprint density at radius 2 is 1.97 bits per heavy atom. The lowest BCUT2D eigenvalue weighted by Crippen LogP contribution is -2.43. The Morgan fingerprint density at radius 3 is 2.80 bits per heavy atom. The number of carbonyl (C=O) groups is 1. The summed E-state index contributed by atoms with van der Waals surface area (Å²) in [7, 11) is 2.19. The van der Waals surface area contributed by atoms with Crippen LogP contribution in [0.5, 0.6) is 0 Å². The van der Waals surface area contributed by atoms with Gasteiger partial charge in [-0.1, -0.05) is 6.08 Å². The molecular formula is C28H35N5O2. The molecule has 7 nitrogen and oxygen atoms in total. The highest BCUT2D eigenvalue weighted by Crippen LogP contribution is 2.33. The number of ketones is 1. The zero-order valence-electron chi connectivity index (χ0n) is 20.4. The monoisotopic (exact) mass is 473 g/mol. The molecule has 5 heterocycles. The highest BCUT2D eigenvalue weighted by Gasteiger charge is 2.26. The Hall–Kier alpha value is -2.87. The molecule has 2 fully saturated rings. The van der Waals surface area contributed by atoms with Crippen molar-refractivity contribution in [3.63, 3.8) is 0 Å². The van der Waals surface area contributed by atoms with Crippen molar-refractivity contribution in [2.75, 3.05) is 46.4 Å². The number of aryl methyl sites for hydroxylation is 1. The number of rotatable bonds is 5. The minimum Gasteiger partial charge on any atom is -0.381 e. The molecule has 0 bridgehead atoms. The van der Waals surface area contributed by atoms with Crippen molar-refractivity contribution in [2.24, 2.45) is 5.92 Å². The van der Waals surface area contributed by atoms with E-state index in [4.69, 9.17) is 9.72 Å². The largest absolute Gasteiger partial charge is 0.381 e. The summed E-state index contributed by atoms with van der Waals surface area (Å²) in [6, 6.07) is 6.57. The number of fused-ring (bicyclic) bond motifs is 2. The van der Waals surface area contributed by atoms with Gasteiger partial charge >= 0.3 is 0 Å². The minimum atomic E-state index is 0. The number of hydrogen-bond donors (Lipinski definition) is 0. The van der Waals surface area contributed by atoms with Gasteiger partial charge in [-0.05, 0) is 67.6 Å². The smallest absolute Gasteiger partial charge is 0.169 e. The predicted molar refractivity (Wildman–Crippen MR) is 138 cm³/mol.